The van der Waals surface area contributed by atoms with Crippen LogP contribution in [0, 0.1) is 13.8 Å². The highest BCUT2D eigenvalue weighted by Gasteiger charge is 2.14. The number of hydrogen-bond donors (Lipinski definition) is 3. The van der Waals surface area contributed by atoms with E-state index in [4.69, 9.17) is 0 Å². The monoisotopic (exact) mass is 311 g/mol. The smallest absolute Gasteiger partial charge is 0.329 e. The van der Waals surface area contributed by atoms with Crippen molar-refractivity contribution in [3.8, 4) is 5.75 Å². The minimum Gasteiger partial charge on any atom is -0.507 e. The highest BCUT2D eigenvalue weighted by Crippen LogP contribution is 2.16. The van der Waals surface area contributed by atoms with E-state index in [-0.39, 0.29) is 5.75 Å². The van der Waals surface area contributed by atoms with Crippen molar-refractivity contribution < 1.29 is 14.7 Å². The normalized spacial score (nSPS) is 10.5. The number of nitrogens with zero attached hydrogens (tertiary/aromatic N) is 1. The molecule has 0 aliphatic carbocycles. The average molecular weight is 311 g/mol. The number of phenolic OH excluding ortho intramolecular Hbond substituents is 1. The molecular weight excluding hydrogens is 294 g/mol. The van der Waals surface area contributed by atoms with E-state index < -0.39 is 11.8 Å². The number of aryl methyl sites for hydroxylation is 2. The van der Waals surface area contributed by atoms with Gasteiger partial charge in [0.25, 0.3) is 0 Å². The molecule has 0 aliphatic heterocycles. The van der Waals surface area contributed by atoms with Crippen LogP contribution < -0.4 is 10.7 Å². The van der Waals surface area contributed by atoms with Crippen LogP contribution >= 0.6 is 0 Å². The molecule has 3 N–H and O–H groups in total. The van der Waals surface area contributed by atoms with Crippen molar-refractivity contribution in [2.75, 3.05) is 5.32 Å². The van der Waals surface area contributed by atoms with Crippen molar-refractivity contribution in [1.29, 1.82) is 0 Å². The van der Waals surface area contributed by atoms with Crippen LogP contribution in [0.25, 0.3) is 0 Å². The molecule has 2 aromatic rings. The van der Waals surface area contributed by atoms with Crippen LogP contribution in [0.5, 0.6) is 5.75 Å². The summed E-state index contributed by atoms with van der Waals surface area (Å²) in [6.07, 6.45) is 1.26. The number of aromatic hydroxyl groups is 1. The number of amides is 2. The number of phenols is 1. The average Bonchev–Trinajstić information content (AvgIpc) is 2.52. The fraction of sp³-hybridized carbons (Fsp3) is 0.118. The first-order chi connectivity index (χ1) is 11.0. The number of anilines is 1. The maximum absolute atomic E-state index is 11.8. The van der Waals surface area contributed by atoms with Gasteiger partial charge in [-0.1, -0.05) is 24.3 Å². The van der Waals surface area contributed by atoms with Crippen LogP contribution in [-0.4, -0.2) is 23.1 Å². The largest absolute Gasteiger partial charge is 0.507 e. The molecule has 2 amide bonds. The second-order valence-electron chi connectivity index (χ2n) is 5.03. The van der Waals surface area contributed by atoms with Crippen LogP contribution in [0.15, 0.2) is 47.6 Å². The summed E-state index contributed by atoms with van der Waals surface area (Å²) in [4.78, 5) is 23.6. The Kier molecular flexibility index (Phi) is 5.09. The molecule has 0 unspecified atom stereocenters. The lowest BCUT2D eigenvalue weighted by atomic mass is 10.1. The van der Waals surface area contributed by atoms with Gasteiger partial charge in [-0.05, 0) is 43.2 Å². The van der Waals surface area contributed by atoms with Crippen LogP contribution in [0.1, 0.15) is 16.7 Å². The molecule has 2 aromatic carbocycles. The van der Waals surface area contributed by atoms with Crippen molar-refractivity contribution in [3.05, 3.63) is 59.2 Å². The van der Waals surface area contributed by atoms with Gasteiger partial charge in [-0.3, -0.25) is 9.59 Å². The summed E-state index contributed by atoms with van der Waals surface area (Å²) in [6.45, 7) is 3.73. The molecule has 118 valence electrons. The fourth-order valence-corrected chi connectivity index (χ4v) is 1.86. The molecule has 6 heteroatoms. The molecule has 0 atom stereocenters. The van der Waals surface area contributed by atoms with Gasteiger partial charge in [0.15, 0.2) is 0 Å². The van der Waals surface area contributed by atoms with Crippen molar-refractivity contribution in [2.45, 2.75) is 13.8 Å². The molecular formula is C17H17N3O3. The van der Waals surface area contributed by atoms with Crippen LogP contribution in [0.2, 0.25) is 0 Å². The number of hydrazone groups is 1. The summed E-state index contributed by atoms with van der Waals surface area (Å²) in [6, 6.07) is 12.1. The molecule has 23 heavy (non-hydrogen) atoms. The molecule has 0 fully saturated rings. The van der Waals surface area contributed by atoms with E-state index >= 15 is 0 Å². The lowest BCUT2D eigenvalue weighted by Gasteiger charge is -2.08. The predicted octanol–water partition coefficient (Wildman–Crippen LogP) is 2.10. The van der Waals surface area contributed by atoms with Gasteiger partial charge in [0.2, 0.25) is 0 Å². The number of rotatable bonds is 3. The summed E-state index contributed by atoms with van der Waals surface area (Å²) in [5.41, 5.74) is 4.96. The lowest BCUT2D eigenvalue weighted by molar-refractivity contribution is -0.136. The van der Waals surface area contributed by atoms with Gasteiger partial charge in [0, 0.05) is 11.3 Å². The van der Waals surface area contributed by atoms with Gasteiger partial charge in [-0.2, -0.15) is 5.10 Å². The number of carbonyl (C=O) groups excluding carboxylic acids is 2. The summed E-state index contributed by atoms with van der Waals surface area (Å²) < 4.78 is 0. The zero-order chi connectivity index (χ0) is 16.8. The number of hydrogen-bond acceptors (Lipinski definition) is 4. The molecule has 0 bridgehead atoms. The second kappa shape index (κ2) is 7.22. The highest BCUT2D eigenvalue weighted by molar-refractivity contribution is 6.39. The lowest BCUT2D eigenvalue weighted by Crippen LogP contribution is -2.32. The molecule has 0 saturated heterocycles. The third-order valence-electron chi connectivity index (χ3n) is 3.15. The van der Waals surface area contributed by atoms with Gasteiger partial charge in [-0.15, -0.1) is 0 Å². The van der Waals surface area contributed by atoms with E-state index in [0.717, 1.165) is 11.1 Å². The molecule has 2 rings (SSSR count). The highest BCUT2D eigenvalue weighted by atomic mass is 16.3. The maximum Gasteiger partial charge on any atom is 0.329 e. The van der Waals surface area contributed by atoms with Crippen molar-refractivity contribution in [2.24, 2.45) is 5.10 Å². The van der Waals surface area contributed by atoms with E-state index in [9.17, 15) is 14.7 Å². The van der Waals surface area contributed by atoms with Gasteiger partial charge >= 0.3 is 11.8 Å². The molecule has 0 spiro atoms. The van der Waals surface area contributed by atoms with E-state index in [1.165, 1.54) is 12.3 Å². The van der Waals surface area contributed by atoms with E-state index in [1.54, 1.807) is 24.3 Å². The topological polar surface area (TPSA) is 90.8 Å². The minimum absolute atomic E-state index is 0.0327. The molecule has 0 heterocycles. The number of benzene rings is 2. The Balaban J connectivity index is 1.97. The Morgan fingerprint density at radius 1 is 1.09 bits per heavy atom. The van der Waals surface area contributed by atoms with Gasteiger partial charge in [0.05, 0.1) is 6.21 Å². The van der Waals surface area contributed by atoms with Gasteiger partial charge in [0.1, 0.15) is 5.75 Å². The molecule has 0 radical (unpaired) electrons. The van der Waals surface area contributed by atoms with E-state index in [2.05, 4.69) is 15.8 Å². The number of carbonyl (C=O) groups is 2. The van der Waals surface area contributed by atoms with Crippen molar-refractivity contribution in [1.82, 2.24) is 5.43 Å². The summed E-state index contributed by atoms with van der Waals surface area (Å²) >= 11 is 0. The quantitative estimate of drug-likeness (QED) is 0.460. The van der Waals surface area contributed by atoms with Crippen LogP contribution in [-0.2, 0) is 9.59 Å². The Morgan fingerprint density at radius 3 is 2.57 bits per heavy atom. The number of para-hydroxylation sites is 1. The van der Waals surface area contributed by atoms with Crippen molar-refractivity contribution >= 4 is 23.7 Å². The summed E-state index contributed by atoms with van der Waals surface area (Å²) in [7, 11) is 0. The summed E-state index contributed by atoms with van der Waals surface area (Å²) in [5.74, 6) is -1.67. The third kappa shape index (κ3) is 4.41. The fourth-order valence-electron chi connectivity index (χ4n) is 1.86. The maximum atomic E-state index is 11.8. The first-order valence-corrected chi connectivity index (χ1v) is 6.97. The van der Waals surface area contributed by atoms with E-state index in [0.29, 0.717) is 11.3 Å². The minimum atomic E-state index is -0.891. The Morgan fingerprint density at radius 2 is 1.83 bits per heavy atom. The Labute approximate surface area is 133 Å². The first kappa shape index (κ1) is 16.2. The number of nitrogens with one attached hydrogen (secondary N) is 2. The standard InChI is InChI=1S/C17H17N3O3/c1-11-7-8-12(2)14(9-11)19-16(22)17(23)20-18-10-13-5-3-4-6-15(13)21/h3-10,21H,1-2H3,(H,19,22)(H,20,23). The van der Waals surface area contributed by atoms with Gasteiger partial charge < -0.3 is 10.4 Å². The van der Waals surface area contributed by atoms with E-state index in [1.807, 2.05) is 26.0 Å². The first-order valence-electron chi connectivity index (χ1n) is 6.97. The SMILES string of the molecule is Cc1ccc(C)c(NC(=O)C(=O)NN=Cc2ccccc2O)c1. The predicted molar refractivity (Wildman–Crippen MR) is 88.4 cm³/mol. The molecule has 0 saturated carbocycles. The summed E-state index contributed by atoms with van der Waals surface area (Å²) in [5, 5.41) is 15.7. The Hall–Kier alpha value is -3.15. The molecule has 0 aliphatic rings. The zero-order valence-corrected chi connectivity index (χ0v) is 12.8. The van der Waals surface area contributed by atoms with Crippen LogP contribution in [0.3, 0.4) is 0 Å². The molecule has 0 aromatic heterocycles. The third-order valence-corrected chi connectivity index (χ3v) is 3.15. The van der Waals surface area contributed by atoms with Crippen LogP contribution in [0.4, 0.5) is 5.69 Å². The zero-order valence-electron chi connectivity index (χ0n) is 12.8. The second-order valence-corrected chi connectivity index (χ2v) is 5.03. The molecule has 6 nitrogen and oxygen atoms in total. The van der Waals surface area contributed by atoms with Crippen molar-refractivity contribution in [3.63, 3.8) is 0 Å². The Bertz CT molecular complexity index is 769. The van der Waals surface area contributed by atoms with Gasteiger partial charge in [-0.25, -0.2) is 5.43 Å².